The second-order valence-corrected chi connectivity index (χ2v) is 7.83. The smallest absolute Gasteiger partial charge is 0.292 e. The van der Waals surface area contributed by atoms with Gasteiger partial charge in [-0.05, 0) is 36.4 Å². The number of anilines is 2. The average molecular weight is 386 g/mol. The van der Waals surface area contributed by atoms with Crippen LogP contribution in [0.3, 0.4) is 0 Å². The Morgan fingerprint density at radius 3 is 2.37 bits per heavy atom. The van der Waals surface area contributed by atoms with Gasteiger partial charge in [0.2, 0.25) is 0 Å². The van der Waals surface area contributed by atoms with Gasteiger partial charge in [0.1, 0.15) is 5.69 Å². The Bertz CT molecular complexity index is 825. The minimum absolute atomic E-state index is 0.0890. The Balaban J connectivity index is 1.48. The fraction of sp³-hybridized carbons (Fsp3) is 0.421. The molecule has 1 aromatic heterocycles. The van der Waals surface area contributed by atoms with E-state index in [0.29, 0.717) is 18.8 Å². The van der Waals surface area contributed by atoms with Crippen LogP contribution < -0.4 is 9.80 Å². The number of nitro groups is 1. The zero-order valence-corrected chi connectivity index (χ0v) is 15.9. The van der Waals surface area contributed by atoms with Crippen molar-refractivity contribution in [3.05, 3.63) is 50.7 Å². The maximum atomic E-state index is 12.5. The molecule has 2 aliphatic heterocycles. The first kappa shape index (κ1) is 17.8. The van der Waals surface area contributed by atoms with E-state index in [4.69, 9.17) is 0 Å². The molecule has 1 amide bonds. The van der Waals surface area contributed by atoms with Gasteiger partial charge < -0.3 is 14.7 Å². The summed E-state index contributed by atoms with van der Waals surface area (Å²) in [6, 6.07) is 9.14. The summed E-state index contributed by atoms with van der Waals surface area (Å²) in [5.74, 6) is 0.0890. The van der Waals surface area contributed by atoms with Crippen molar-refractivity contribution >= 4 is 34.3 Å². The van der Waals surface area contributed by atoms with Gasteiger partial charge in [-0.1, -0.05) is 6.07 Å². The third-order valence-corrected chi connectivity index (χ3v) is 6.12. The monoisotopic (exact) mass is 386 g/mol. The molecule has 0 radical (unpaired) electrons. The summed E-state index contributed by atoms with van der Waals surface area (Å²) in [5, 5.41) is 13.3. The summed E-state index contributed by atoms with van der Waals surface area (Å²) >= 11 is 1.47. The van der Waals surface area contributed by atoms with Crippen molar-refractivity contribution in [1.82, 2.24) is 4.90 Å². The van der Waals surface area contributed by atoms with Gasteiger partial charge in [0.05, 0.1) is 9.80 Å². The maximum absolute atomic E-state index is 12.5. The first-order valence-corrected chi connectivity index (χ1v) is 10.1. The molecule has 7 nitrogen and oxygen atoms in total. The number of hydrogen-bond donors (Lipinski definition) is 0. The number of amides is 1. The number of benzene rings is 1. The maximum Gasteiger partial charge on any atom is 0.292 e. The van der Waals surface area contributed by atoms with Gasteiger partial charge in [0.15, 0.2) is 0 Å². The Kier molecular flexibility index (Phi) is 4.98. The van der Waals surface area contributed by atoms with Crippen LogP contribution in [0, 0.1) is 10.1 Å². The summed E-state index contributed by atoms with van der Waals surface area (Å²) in [4.78, 5) is 30.6. The first-order valence-electron chi connectivity index (χ1n) is 9.24. The van der Waals surface area contributed by atoms with Crippen LogP contribution in [0.25, 0.3) is 0 Å². The molecule has 0 bridgehead atoms. The largest absolute Gasteiger partial charge is 0.368 e. The van der Waals surface area contributed by atoms with Crippen LogP contribution in [0.2, 0.25) is 0 Å². The van der Waals surface area contributed by atoms with Gasteiger partial charge in [0.25, 0.3) is 11.6 Å². The summed E-state index contributed by atoms with van der Waals surface area (Å²) in [7, 11) is 0. The molecule has 2 aliphatic rings. The topological polar surface area (TPSA) is 69.9 Å². The number of piperazine rings is 1. The van der Waals surface area contributed by atoms with Gasteiger partial charge in [0, 0.05) is 51.0 Å². The SMILES string of the molecule is O=C(c1cccs1)N1CCN(c2ccc([N+](=O)[O-])c(N3CCCC3)c2)CC1. The molecule has 27 heavy (non-hydrogen) atoms. The third kappa shape index (κ3) is 3.62. The molecule has 2 aromatic rings. The Morgan fingerprint density at radius 2 is 1.74 bits per heavy atom. The van der Waals surface area contributed by atoms with Crippen molar-refractivity contribution < 1.29 is 9.72 Å². The minimum atomic E-state index is -0.297. The van der Waals surface area contributed by atoms with E-state index in [1.54, 1.807) is 6.07 Å². The zero-order chi connectivity index (χ0) is 18.8. The molecule has 1 aromatic carbocycles. The lowest BCUT2D eigenvalue weighted by Gasteiger charge is -2.36. The highest BCUT2D eigenvalue weighted by Crippen LogP contribution is 2.34. The number of hydrogen-bond acceptors (Lipinski definition) is 6. The van der Waals surface area contributed by atoms with Crippen LogP contribution in [-0.2, 0) is 0 Å². The number of carbonyl (C=O) groups excluding carboxylic acids is 1. The summed E-state index contributed by atoms with van der Waals surface area (Å²) in [6.45, 7) is 4.52. The van der Waals surface area contributed by atoms with Crippen molar-refractivity contribution in [2.45, 2.75) is 12.8 Å². The van der Waals surface area contributed by atoms with E-state index in [9.17, 15) is 14.9 Å². The molecule has 0 unspecified atom stereocenters. The molecular weight excluding hydrogens is 364 g/mol. The second-order valence-electron chi connectivity index (χ2n) is 6.88. The molecule has 0 saturated carbocycles. The van der Waals surface area contributed by atoms with Gasteiger partial charge in [-0.3, -0.25) is 14.9 Å². The lowest BCUT2D eigenvalue weighted by atomic mass is 10.2. The number of rotatable bonds is 4. The molecule has 0 atom stereocenters. The van der Waals surface area contributed by atoms with E-state index in [2.05, 4.69) is 9.80 Å². The van der Waals surface area contributed by atoms with Gasteiger partial charge in [-0.2, -0.15) is 0 Å². The Labute approximate surface area is 161 Å². The van der Waals surface area contributed by atoms with Crippen LogP contribution >= 0.6 is 11.3 Å². The van der Waals surface area contributed by atoms with Crippen LogP contribution in [0.15, 0.2) is 35.7 Å². The summed E-state index contributed by atoms with van der Waals surface area (Å²) < 4.78 is 0. The average Bonchev–Trinajstić information content (AvgIpc) is 3.41. The third-order valence-electron chi connectivity index (χ3n) is 5.27. The molecule has 3 heterocycles. The van der Waals surface area contributed by atoms with Crippen LogP contribution in [0.4, 0.5) is 17.1 Å². The standard InChI is InChI=1S/C19H22N4O3S/c24-19(18-4-3-13-27-18)22-11-9-20(10-12-22)15-5-6-16(23(25)26)17(14-15)21-7-1-2-8-21/h3-6,13-14H,1-2,7-12H2. The Hall–Kier alpha value is -2.61. The highest BCUT2D eigenvalue weighted by atomic mass is 32.1. The van der Waals surface area contributed by atoms with Crippen LogP contribution in [-0.4, -0.2) is 55.0 Å². The van der Waals surface area contributed by atoms with Gasteiger partial charge in [-0.25, -0.2) is 0 Å². The van der Waals surface area contributed by atoms with Crippen molar-refractivity contribution in [3.8, 4) is 0 Å². The fourth-order valence-corrected chi connectivity index (χ4v) is 4.49. The molecular formula is C19H22N4O3S. The molecule has 4 rings (SSSR count). The van der Waals surface area contributed by atoms with Gasteiger partial charge in [-0.15, -0.1) is 11.3 Å². The second kappa shape index (κ2) is 7.56. The van der Waals surface area contributed by atoms with Crippen molar-refractivity contribution in [3.63, 3.8) is 0 Å². The minimum Gasteiger partial charge on any atom is -0.368 e. The van der Waals surface area contributed by atoms with Crippen molar-refractivity contribution in [2.75, 3.05) is 49.1 Å². The summed E-state index contributed by atoms with van der Waals surface area (Å²) in [6.07, 6.45) is 2.15. The fourth-order valence-electron chi connectivity index (χ4n) is 3.80. The van der Waals surface area contributed by atoms with Crippen molar-refractivity contribution in [2.24, 2.45) is 0 Å². The normalized spacial score (nSPS) is 17.4. The summed E-state index contributed by atoms with van der Waals surface area (Å²) in [5.41, 5.74) is 1.88. The van der Waals surface area contributed by atoms with E-state index in [0.717, 1.165) is 49.6 Å². The lowest BCUT2D eigenvalue weighted by molar-refractivity contribution is -0.384. The highest BCUT2D eigenvalue weighted by molar-refractivity contribution is 7.12. The molecule has 142 valence electrons. The van der Waals surface area contributed by atoms with Crippen LogP contribution in [0.5, 0.6) is 0 Å². The zero-order valence-electron chi connectivity index (χ0n) is 15.0. The van der Waals surface area contributed by atoms with E-state index < -0.39 is 0 Å². The first-order chi connectivity index (χ1) is 13.1. The molecule has 0 aliphatic carbocycles. The lowest BCUT2D eigenvalue weighted by Crippen LogP contribution is -2.48. The predicted octanol–water partition coefficient (Wildman–Crippen LogP) is 3.22. The van der Waals surface area contributed by atoms with Gasteiger partial charge >= 0.3 is 0 Å². The number of nitrogens with zero attached hydrogens (tertiary/aromatic N) is 4. The molecule has 0 N–H and O–H groups in total. The quantitative estimate of drug-likeness (QED) is 0.596. The number of nitro benzene ring substituents is 1. The number of carbonyl (C=O) groups is 1. The predicted molar refractivity (Wildman–Crippen MR) is 107 cm³/mol. The molecule has 8 heteroatoms. The van der Waals surface area contributed by atoms with E-state index in [1.807, 2.05) is 34.5 Å². The van der Waals surface area contributed by atoms with E-state index in [-0.39, 0.29) is 16.5 Å². The highest BCUT2D eigenvalue weighted by Gasteiger charge is 2.26. The van der Waals surface area contributed by atoms with Crippen LogP contribution in [0.1, 0.15) is 22.5 Å². The Morgan fingerprint density at radius 1 is 1.00 bits per heavy atom. The van der Waals surface area contributed by atoms with Crippen molar-refractivity contribution in [1.29, 1.82) is 0 Å². The van der Waals surface area contributed by atoms with E-state index >= 15 is 0 Å². The number of thiophene rings is 1. The molecule has 2 saturated heterocycles. The van der Waals surface area contributed by atoms with E-state index in [1.165, 1.54) is 11.3 Å². The molecule has 0 spiro atoms. The molecule has 2 fully saturated rings.